The van der Waals surface area contributed by atoms with Gasteiger partial charge in [0.05, 0.1) is 11.7 Å². The third-order valence-electron chi connectivity index (χ3n) is 3.63. The summed E-state index contributed by atoms with van der Waals surface area (Å²) in [5.74, 6) is 0.975. The van der Waals surface area contributed by atoms with Crippen LogP contribution < -0.4 is 10.1 Å². The van der Waals surface area contributed by atoms with Crippen LogP contribution in [0, 0.1) is 5.41 Å². The smallest absolute Gasteiger partial charge is 0.142 e. The molecule has 1 aliphatic heterocycles. The van der Waals surface area contributed by atoms with Crippen LogP contribution in [0.2, 0.25) is 0 Å². The molecule has 1 N–H and O–H groups in total. The molecule has 2 heteroatoms. The number of rotatable bonds is 0. The van der Waals surface area contributed by atoms with Gasteiger partial charge in [-0.2, -0.15) is 0 Å². The average Bonchev–Trinajstić information content (AvgIpc) is 2.25. The molecule has 2 rings (SSSR count). The summed E-state index contributed by atoms with van der Waals surface area (Å²) in [6.07, 6.45) is 0. The summed E-state index contributed by atoms with van der Waals surface area (Å²) >= 11 is 0. The molecule has 2 nitrogen and oxygen atoms in total. The molecule has 1 unspecified atom stereocenters. The summed E-state index contributed by atoms with van der Waals surface area (Å²) in [7, 11) is 0. The van der Waals surface area contributed by atoms with Gasteiger partial charge in [0.25, 0.3) is 0 Å². The van der Waals surface area contributed by atoms with Crippen molar-refractivity contribution in [1.29, 1.82) is 0 Å². The topological polar surface area (TPSA) is 21.3 Å². The Kier molecular flexibility index (Phi) is 3.08. The van der Waals surface area contributed by atoms with E-state index in [4.69, 9.17) is 4.74 Å². The zero-order valence-electron chi connectivity index (χ0n) is 12.4. The number of nitrogens with one attached hydrogen (secondary N) is 1. The van der Waals surface area contributed by atoms with E-state index in [0.717, 1.165) is 18.0 Å². The fraction of sp³-hybridized carbons (Fsp3) is 0.625. The van der Waals surface area contributed by atoms with E-state index in [1.54, 1.807) is 0 Å². The Bertz CT molecular complexity index is 437. The minimum Gasteiger partial charge on any atom is -0.489 e. The number of anilines is 1. The van der Waals surface area contributed by atoms with Gasteiger partial charge < -0.3 is 10.1 Å². The molecule has 0 amide bonds. The minimum absolute atomic E-state index is 0.172. The fourth-order valence-electron chi connectivity index (χ4n) is 2.10. The van der Waals surface area contributed by atoms with Gasteiger partial charge in [0.15, 0.2) is 0 Å². The molecule has 1 heterocycles. The van der Waals surface area contributed by atoms with Crippen molar-refractivity contribution in [3.05, 3.63) is 23.8 Å². The van der Waals surface area contributed by atoms with Crippen LogP contribution in [0.1, 0.15) is 47.1 Å². The minimum atomic E-state index is 0.172. The van der Waals surface area contributed by atoms with Gasteiger partial charge in [0.1, 0.15) is 12.4 Å². The second-order valence-electron chi connectivity index (χ2n) is 7.33. The molecular weight excluding hydrogens is 222 g/mol. The Labute approximate surface area is 111 Å². The Balaban J connectivity index is 2.31. The van der Waals surface area contributed by atoms with Crippen LogP contribution >= 0.6 is 0 Å². The highest BCUT2D eigenvalue weighted by atomic mass is 16.5. The number of fused-ring (bicyclic) bond motifs is 1. The highest BCUT2D eigenvalue weighted by Gasteiger charge is 2.30. The lowest BCUT2D eigenvalue weighted by Crippen LogP contribution is -2.41. The zero-order chi connectivity index (χ0) is 13.6. The number of hydrogen-bond acceptors (Lipinski definition) is 2. The second-order valence-corrected chi connectivity index (χ2v) is 7.33. The van der Waals surface area contributed by atoms with Gasteiger partial charge in [-0.3, -0.25) is 0 Å². The van der Waals surface area contributed by atoms with Crippen LogP contribution in [0.3, 0.4) is 0 Å². The van der Waals surface area contributed by atoms with E-state index in [-0.39, 0.29) is 10.8 Å². The Hall–Kier alpha value is -1.18. The molecule has 18 heavy (non-hydrogen) atoms. The van der Waals surface area contributed by atoms with Crippen LogP contribution in [-0.4, -0.2) is 12.6 Å². The standard InChI is InChI=1S/C16H25NO/c1-15(2,3)11-7-8-13-12(9-11)17-14(10-18-13)16(4,5)6/h7-9,14,17H,10H2,1-6H3. The fourth-order valence-corrected chi connectivity index (χ4v) is 2.10. The van der Waals surface area contributed by atoms with E-state index in [9.17, 15) is 0 Å². The molecule has 0 aromatic heterocycles. The lowest BCUT2D eigenvalue weighted by molar-refractivity contribution is 0.207. The first-order chi connectivity index (χ1) is 8.18. The largest absolute Gasteiger partial charge is 0.489 e. The molecule has 100 valence electrons. The van der Waals surface area contributed by atoms with Gasteiger partial charge in [-0.15, -0.1) is 0 Å². The van der Waals surface area contributed by atoms with E-state index in [1.807, 2.05) is 0 Å². The monoisotopic (exact) mass is 247 g/mol. The Morgan fingerprint density at radius 1 is 1.11 bits per heavy atom. The summed E-state index contributed by atoms with van der Waals surface area (Å²) < 4.78 is 5.87. The van der Waals surface area contributed by atoms with E-state index in [0.29, 0.717) is 6.04 Å². The lowest BCUT2D eigenvalue weighted by atomic mass is 9.84. The zero-order valence-corrected chi connectivity index (χ0v) is 12.4. The van der Waals surface area contributed by atoms with Crippen LogP contribution in [0.25, 0.3) is 0 Å². The first-order valence-electron chi connectivity index (χ1n) is 6.72. The van der Waals surface area contributed by atoms with Gasteiger partial charge >= 0.3 is 0 Å². The van der Waals surface area contributed by atoms with Gasteiger partial charge in [0.2, 0.25) is 0 Å². The molecule has 0 aliphatic carbocycles. The molecule has 0 radical (unpaired) electrons. The highest BCUT2D eigenvalue weighted by Crippen LogP contribution is 2.37. The summed E-state index contributed by atoms with van der Waals surface area (Å²) in [4.78, 5) is 0. The van der Waals surface area contributed by atoms with E-state index >= 15 is 0 Å². The maximum atomic E-state index is 5.87. The van der Waals surface area contributed by atoms with Crippen LogP contribution in [0.4, 0.5) is 5.69 Å². The van der Waals surface area contributed by atoms with Crippen molar-refractivity contribution in [2.24, 2.45) is 5.41 Å². The Morgan fingerprint density at radius 3 is 2.33 bits per heavy atom. The average molecular weight is 247 g/mol. The van der Waals surface area contributed by atoms with Crippen molar-refractivity contribution in [1.82, 2.24) is 0 Å². The van der Waals surface area contributed by atoms with Crippen molar-refractivity contribution < 1.29 is 4.74 Å². The molecule has 1 aliphatic rings. The van der Waals surface area contributed by atoms with Gasteiger partial charge in [-0.25, -0.2) is 0 Å². The molecule has 0 fully saturated rings. The lowest BCUT2D eigenvalue weighted by Gasteiger charge is -2.37. The number of benzene rings is 1. The SMILES string of the molecule is CC(C)(C)c1ccc2c(c1)NC(C(C)(C)C)CO2. The predicted molar refractivity (Wildman–Crippen MR) is 77.5 cm³/mol. The summed E-state index contributed by atoms with van der Waals surface area (Å²) in [5.41, 5.74) is 2.85. The summed E-state index contributed by atoms with van der Waals surface area (Å²) in [6, 6.07) is 6.84. The maximum Gasteiger partial charge on any atom is 0.142 e. The molecular formula is C16H25NO. The van der Waals surface area contributed by atoms with Crippen LogP contribution in [-0.2, 0) is 5.41 Å². The van der Waals surface area contributed by atoms with Crippen LogP contribution in [0.5, 0.6) is 5.75 Å². The quantitative estimate of drug-likeness (QED) is 0.741. The molecule has 1 aromatic rings. The van der Waals surface area contributed by atoms with E-state index < -0.39 is 0 Å². The van der Waals surface area contributed by atoms with Gasteiger partial charge in [0, 0.05) is 0 Å². The van der Waals surface area contributed by atoms with Gasteiger partial charge in [-0.1, -0.05) is 47.6 Å². The molecule has 0 bridgehead atoms. The molecule has 0 saturated carbocycles. The number of hydrogen-bond donors (Lipinski definition) is 1. The van der Waals surface area contributed by atoms with Crippen molar-refractivity contribution >= 4 is 5.69 Å². The summed E-state index contributed by atoms with van der Waals surface area (Å²) in [6.45, 7) is 14.2. The van der Waals surface area contributed by atoms with Crippen molar-refractivity contribution in [3.8, 4) is 5.75 Å². The second kappa shape index (κ2) is 4.18. The predicted octanol–water partition coefficient (Wildman–Crippen LogP) is 4.20. The highest BCUT2D eigenvalue weighted by molar-refractivity contribution is 5.61. The van der Waals surface area contributed by atoms with Crippen molar-refractivity contribution in [2.45, 2.75) is 53.0 Å². The maximum absolute atomic E-state index is 5.87. The number of ether oxygens (including phenoxy) is 1. The molecule has 1 aromatic carbocycles. The molecule has 0 spiro atoms. The van der Waals surface area contributed by atoms with Crippen molar-refractivity contribution in [2.75, 3.05) is 11.9 Å². The third-order valence-corrected chi connectivity index (χ3v) is 3.63. The van der Waals surface area contributed by atoms with E-state index in [1.165, 1.54) is 5.56 Å². The van der Waals surface area contributed by atoms with Crippen LogP contribution in [0.15, 0.2) is 18.2 Å². The first-order valence-corrected chi connectivity index (χ1v) is 6.72. The summed E-state index contributed by atoms with van der Waals surface area (Å²) in [5, 5.41) is 3.62. The molecule has 0 saturated heterocycles. The van der Waals surface area contributed by atoms with Crippen molar-refractivity contribution in [3.63, 3.8) is 0 Å². The van der Waals surface area contributed by atoms with E-state index in [2.05, 4.69) is 65.1 Å². The normalized spacial score (nSPS) is 19.8. The Morgan fingerprint density at radius 2 is 1.78 bits per heavy atom. The van der Waals surface area contributed by atoms with Gasteiger partial charge in [-0.05, 0) is 28.5 Å². The first kappa shape index (κ1) is 13.3. The third kappa shape index (κ3) is 2.63. The molecule has 1 atom stereocenters.